The van der Waals surface area contributed by atoms with E-state index in [0.717, 1.165) is 6.42 Å². The molecule has 0 saturated carbocycles. The van der Waals surface area contributed by atoms with Gasteiger partial charge in [-0.3, -0.25) is 0 Å². The van der Waals surface area contributed by atoms with Crippen molar-refractivity contribution in [2.24, 2.45) is 22.7 Å². The molecule has 1 nitrogen and oxygen atoms in total. The van der Waals surface area contributed by atoms with Crippen molar-refractivity contribution < 1.29 is 0 Å². The summed E-state index contributed by atoms with van der Waals surface area (Å²) in [5, 5.41) is 9.22. The largest absolute Gasteiger partial charge is 0.198 e. The Morgan fingerprint density at radius 3 is 1.71 bits per heavy atom. The third-order valence-electron chi connectivity index (χ3n) is 3.36. The summed E-state index contributed by atoms with van der Waals surface area (Å²) in [6.07, 6.45) is 0.981. The van der Waals surface area contributed by atoms with Crippen LogP contribution in [0, 0.1) is 34.0 Å². The fourth-order valence-corrected chi connectivity index (χ4v) is 1.49. The molecule has 0 amide bonds. The molecule has 0 rings (SSSR count). The van der Waals surface area contributed by atoms with Gasteiger partial charge in [-0.05, 0) is 23.2 Å². The van der Waals surface area contributed by atoms with Crippen LogP contribution in [0.5, 0.6) is 0 Å². The Morgan fingerprint density at radius 1 is 1.07 bits per heavy atom. The molecule has 0 heterocycles. The van der Waals surface area contributed by atoms with Crippen LogP contribution >= 0.6 is 0 Å². The minimum Gasteiger partial charge on any atom is -0.198 e. The zero-order valence-corrected chi connectivity index (χ0v) is 10.8. The lowest BCUT2D eigenvalue weighted by Gasteiger charge is -2.37. The number of hydrogen-bond donors (Lipinski definition) is 0. The molecule has 0 saturated heterocycles. The average molecular weight is 195 g/mol. The molecule has 0 aromatic carbocycles. The Kier molecular flexibility index (Phi) is 4.18. The Labute approximate surface area is 89.5 Å². The van der Waals surface area contributed by atoms with Crippen LogP contribution in [0.15, 0.2) is 0 Å². The highest BCUT2D eigenvalue weighted by Gasteiger charge is 2.35. The van der Waals surface area contributed by atoms with E-state index in [0.29, 0.717) is 5.92 Å². The summed E-state index contributed by atoms with van der Waals surface area (Å²) in [5.74, 6) is 0.706. The summed E-state index contributed by atoms with van der Waals surface area (Å²) in [6.45, 7) is 15.4. The van der Waals surface area contributed by atoms with Crippen molar-refractivity contribution in [3.63, 3.8) is 0 Å². The lowest BCUT2D eigenvalue weighted by Crippen LogP contribution is -2.31. The molecule has 0 N–H and O–H groups in total. The SMILES string of the molecule is CC(C)C(C)(C)C(C#N)CC(C)(C)C. The van der Waals surface area contributed by atoms with Crippen molar-refractivity contribution >= 4 is 0 Å². The van der Waals surface area contributed by atoms with Crippen molar-refractivity contribution in [3.05, 3.63) is 0 Å². The van der Waals surface area contributed by atoms with E-state index in [-0.39, 0.29) is 16.7 Å². The minimum atomic E-state index is 0.113. The van der Waals surface area contributed by atoms with Gasteiger partial charge < -0.3 is 0 Å². The Bertz CT molecular complexity index is 212. The van der Waals surface area contributed by atoms with Crippen LogP contribution < -0.4 is 0 Å². The topological polar surface area (TPSA) is 23.8 Å². The molecule has 0 spiro atoms. The maximum atomic E-state index is 9.22. The number of rotatable bonds is 3. The fourth-order valence-electron chi connectivity index (χ4n) is 1.49. The van der Waals surface area contributed by atoms with E-state index in [9.17, 15) is 5.26 Å². The van der Waals surface area contributed by atoms with Crippen LogP contribution in [-0.2, 0) is 0 Å². The zero-order valence-electron chi connectivity index (χ0n) is 10.8. The molecule has 82 valence electrons. The average Bonchev–Trinajstić information content (AvgIpc) is 1.97. The van der Waals surface area contributed by atoms with E-state index in [1.165, 1.54) is 0 Å². The molecule has 0 aromatic heterocycles. The monoisotopic (exact) mass is 195 g/mol. The highest BCUT2D eigenvalue weighted by Crippen LogP contribution is 2.40. The Balaban J connectivity index is 4.68. The second-order valence-electron chi connectivity index (χ2n) is 6.42. The van der Waals surface area contributed by atoms with Gasteiger partial charge >= 0.3 is 0 Å². The smallest absolute Gasteiger partial charge is 0.0661 e. The molecule has 1 unspecified atom stereocenters. The van der Waals surface area contributed by atoms with E-state index in [1.807, 2.05) is 0 Å². The summed E-state index contributed by atoms with van der Waals surface area (Å²) in [4.78, 5) is 0. The normalized spacial score (nSPS) is 15.4. The van der Waals surface area contributed by atoms with Crippen molar-refractivity contribution in [3.8, 4) is 6.07 Å². The van der Waals surface area contributed by atoms with Crippen LogP contribution in [0.4, 0.5) is 0 Å². The van der Waals surface area contributed by atoms with Crippen LogP contribution in [0.25, 0.3) is 0 Å². The first kappa shape index (κ1) is 13.5. The van der Waals surface area contributed by atoms with Gasteiger partial charge in [-0.1, -0.05) is 48.5 Å². The van der Waals surface area contributed by atoms with Crippen molar-refractivity contribution in [2.75, 3.05) is 0 Å². The molecule has 0 aliphatic rings. The molecule has 1 atom stereocenters. The molecular weight excluding hydrogens is 170 g/mol. The van der Waals surface area contributed by atoms with E-state index in [4.69, 9.17) is 0 Å². The maximum absolute atomic E-state index is 9.22. The summed E-state index contributed by atoms with van der Waals surface area (Å²) >= 11 is 0. The number of nitriles is 1. The van der Waals surface area contributed by atoms with E-state index >= 15 is 0 Å². The van der Waals surface area contributed by atoms with Crippen molar-refractivity contribution in [1.82, 2.24) is 0 Å². The first-order valence-electron chi connectivity index (χ1n) is 5.51. The van der Waals surface area contributed by atoms with Crippen molar-refractivity contribution in [1.29, 1.82) is 5.26 Å². The van der Waals surface area contributed by atoms with Gasteiger partial charge in [0.25, 0.3) is 0 Å². The van der Waals surface area contributed by atoms with Crippen LogP contribution in [0.1, 0.15) is 54.9 Å². The molecule has 0 aliphatic heterocycles. The Hall–Kier alpha value is -0.510. The highest BCUT2D eigenvalue weighted by atomic mass is 14.4. The molecule has 0 aromatic rings. The summed E-state index contributed by atoms with van der Waals surface area (Å²) in [6, 6.07) is 2.48. The maximum Gasteiger partial charge on any atom is 0.0661 e. The van der Waals surface area contributed by atoms with Crippen LogP contribution in [0.3, 0.4) is 0 Å². The molecule has 0 fully saturated rings. The fraction of sp³-hybridized carbons (Fsp3) is 0.923. The predicted molar refractivity (Wildman–Crippen MR) is 61.8 cm³/mol. The quantitative estimate of drug-likeness (QED) is 0.660. The molecule has 1 heteroatoms. The van der Waals surface area contributed by atoms with E-state index in [2.05, 4.69) is 54.5 Å². The van der Waals surface area contributed by atoms with Gasteiger partial charge in [-0.15, -0.1) is 0 Å². The second kappa shape index (κ2) is 4.34. The lowest BCUT2D eigenvalue weighted by atomic mass is 9.66. The molecular formula is C13H25N. The Morgan fingerprint density at radius 2 is 1.50 bits per heavy atom. The van der Waals surface area contributed by atoms with E-state index in [1.54, 1.807) is 0 Å². The number of nitrogens with zero attached hydrogens (tertiary/aromatic N) is 1. The summed E-state index contributed by atoms with van der Waals surface area (Å²) in [7, 11) is 0. The molecule has 14 heavy (non-hydrogen) atoms. The summed E-state index contributed by atoms with van der Waals surface area (Å²) < 4.78 is 0. The first-order valence-corrected chi connectivity index (χ1v) is 5.51. The molecule has 0 bridgehead atoms. The summed E-state index contributed by atoms with van der Waals surface area (Å²) in [5.41, 5.74) is 0.356. The van der Waals surface area contributed by atoms with Gasteiger partial charge in [-0.2, -0.15) is 5.26 Å². The van der Waals surface area contributed by atoms with Crippen LogP contribution in [0.2, 0.25) is 0 Å². The van der Waals surface area contributed by atoms with Crippen LogP contribution in [-0.4, -0.2) is 0 Å². The second-order valence-corrected chi connectivity index (χ2v) is 6.42. The van der Waals surface area contributed by atoms with Gasteiger partial charge in [0, 0.05) is 0 Å². The zero-order chi connectivity index (χ0) is 11.6. The lowest BCUT2D eigenvalue weighted by molar-refractivity contribution is 0.135. The standard InChI is InChI=1S/C13H25N/c1-10(2)13(6,7)11(9-14)8-12(3,4)5/h10-11H,8H2,1-7H3. The third-order valence-corrected chi connectivity index (χ3v) is 3.36. The number of hydrogen-bond acceptors (Lipinski definition) is 1. The van der Waals surface area contributed by atoms with Gasteiger partial charge in [0.1, 0.15) is 0 Å². The minimum absolute atomic E-state index is 0.113. The van der Waals surface area contributed by atoms with Crippen molar-refractivity contribution in [2.45, 2.75) is 54.9 Å². The van der Waals surface area contributed by atoms with Gasteiger partial charge in [-0.25, -0.2) is 0 Å². The first-order chi connectivity index (χ1) is 6.11. The third kappa shape index (κ3) is 3.70. The predicted octanol–water partition coefficient (Wildman–Crippen LogP) is 4.24. The molecule has 0 radical (unpaired) electrons. The van der Waals surface area contributed by atoms with Gasteiger partial charge in [0.05, 0.1) is 12.0 Å². The molecule has 0 aliphatic carbocycles. The van der Waals surface area contributed by atoms with E-state index < -0.39 is 0 Å². The van der Waals surface area contributed by atoms with Gasteiger partial charge in [0.15, 0.2) is 0 Å². The van der Waals surface area contributed by atoms with Gasteiger partial charge in [0.2, 0.25) is 0 Å². The highest BCUT2D eigenvalue weighted by molar-refractivity contribution is 4.96.